The van der Waals surface area contributed by atoms with Gasteiger partial charge in [0, 0.05) is 44.0 Å². The van der Waals surface area contributed by atoms with Crippen LogP contribution in [0, 0.1) is 0 Å². The van der Waals surface area contributed by atoms with Gasteiger partial charge in [-0.15, -0.1) is 0 Å². The number of aromatic nitrogens is 2. The summed E-state index contributed by atoms with van der Waals surface area (Å²) in [7, 11) is 1.61. The highest BCUT2D eigenvalue weighted by atomic mass is 16.7. The van der Waals surface area contributed by atoms with Crippen LogP contribution in [0.3, 0.4) is 0 Å². The maximum atomic E-state index is 12.0. The van der Waals surface area contributed by atoms with Crippen molar-refractivity contribution < 1.29 is 14.1 Å². The van der Waals surface area contributed by atoms with Crippen LogP contribution in [0.15, 0.2) is 12.4 Å². The molecule has 0 N–H and O–H groups in total. The van der Waals surface area contributed by atoms with Crippen molar-refractivity contribution in [3.05, 3.63) is 12.4 Å². The number of carbonyl (C=O) groups is 1. The first-order chi connectivity index (χ1) is 11.7. The van der Waals surface area contributed by atoms with Gasteiger partial charge in [0.15, 0.2) is 0 Å². The zero-order valence-electron chi connectivity index (χ0n) is 16.0. The van der Waals surface area contributed by atoms with Gasteiger partial charge in [0.25, 0.3) is 0 Å². The molecular formula is C17H29BN4O3. The molecule has 8 heteroatoms. The van der Waals surface area contributed by atoms with E-state index < -0.39 is 0 Å². The van der Waals surface area contributed by atoms with Crippen LogP contribution in [0.4, 0.5) is 0 Å². The quantitative estimate of drug-likeness (QED) is 0.719. The largest absolute Gasteiger partial charge is 0.498 e. The number of rotatable bonds is 5. The van der Waals surface area contributed by atoms with E-state index in [9.17, 15) is 4.79 Å². The molecule has 0 unspecified atom stereocenters. The normalized spacial score (nSPS) is 23.5. The lowest BCUT2D eigenvalue weighted by atomic mass is 9.82. The fourth-order valence-corrected chi connectivity index (χ4v) is 3.09. The lowest BCUT2D eigenvalue weighted by Crippen LogP contribution is -2.49. The van der Waals surface area contributed by atoms with E-state index in [4.69, 9.17) is 9.31 Å². The van der Waals surface area contributed by atoms with Crippen LogP contribution in [0.2, 0.25) is 0 Å². The number of amides is 1. The van der Waals surface area contributed by atoms with Crippen LogP contribution in [0.5, 0.6) is 0 Å². The molecule has 138 valence electrons. The van der Waals surface area contributed by atoms with Gasteiger partial charge < -0.3 is 14.2 Å². The molecule has 25 heavy (non-hydrogen) atoms. The van der Waals surface area contributed by atoms with Gasteiger partial charge in [-0.1, -0.05) is 0 Å². The second kappa shape index (κ2) is 6.74. The first-order valence-electron chi connectivity index (χ1n) is 9.02. The summed E-state index contributed by atoms with van der Waals surface area (Å²) >= 11 is 0. The third kappa shape index (κ3) is 3.91. The molecular weight excluding hydrogens is 319 g/mol. The van der Waals surface area contributed by atoms with Crippen LogP contribution < -0.4 is 5.46 Å². The fourth-order valence-electron chi connectivity index (χ4n) is 3.09. The predicted octanol–water partition coefficient (Wildman–Crippen LogP) is 0.346. The average molecular weight is 348 g/mol. The molecule has 0 spiro atoms. The minimum absolute atomic E-state index is 0.215. The summed E-state index contributed by atoms with van der Waals surface area (Å²) in [6, 6.07) is 0. The monoisotopic (exact) mass is 348 g/mol. The predicted molar refractivity (Wildman–Crippen MR) is 96.6 cm³/mol. The molecule has 0 bridgehead atoms. The Morgan fingerprint density at radius 3 is 2.48 bits per heavy atom. The van der Waals surface area contributed by atoms with E-state index in [1.54, 1.807) is 0 Å². The van der Waals surface area contributed by atoms with Crippen molar-refractivity contribution in [3.63, 3.8) is 0 Å². The van der Waals surface area contributed by atoms with E-state index in [-0.39, 0.29) is 24.2 Å². The van der Waals surface area contributed by atoms with Crippen molar-refractivity contribution in [3.8, 4) is 0 Å². The van der Waals surface area contributed by atoms with Crippen molar-refractivity contribution in [1.29, 1.82) is 0 Å². The molecule has 7 nitrogen and oxygen atoms in total. The Morgan fingerprint density at radius 2 is 1.84 bits per heavy atom. The Kier molecular flexibility index (Phi) is 4.96. The first-order valence-corrected chi connectivity index (χ1v) is 9.02. The summed E-state index contributed by atoms with van der Waals surface area (Å²) in [5.74, 6) is 0.215. The third-order valence-electron chi connectivity index (χ3n) is 5.50. The molecule has 2 saturated heterocycles. The van der Waals surface area contributed by atoms with Gasteiger partial charge in [0.05, 0.1) is 17.7 Å². The van der Waals surface area contributed by atoms with Gasteiger partial charge in [0.2, 0.25) is 5.91 Å². The van der Waals surface area contributed by atoms with Gasteiger partial charge in [-0.3, -0.25) is 14.4 Å². The molecule has 1 aromatic rings. The second-order valence-corrected chi connectivity index (χ2v) is 8.10. The first kappa shape index (κ1) is 18.4. The minimum Gasteiger partial charge on any atom is -0.399 e. The van der Waals surface area contributed by atoms with Crippen molar-refractivity contribution in [2.24, 2.45) is 0 Å². The van der Waals surface area contributed by atoms with Crippen LogP contribution >= 0.6 is 0 Å². The van der Waals surface area contributed by atoms with E-state index in [1.165, 1.54) is 0 Å². The summed E-state index contributed by atoms with van der Waals surface area (Å²) in [5.41, 5.74) is 0.248. The molecule has 1 aromatic heterocycles. The number of hydrogen-bond acceptors (Lipinski definition) is 5. The summed E-state index contributed by atoms with van der Waals surface area (Å²) in [6.07, 6.45) is 4.68. The van der Waals surface area contributed by atoms with Gasteiger partial charge in [0.1, 0.15) is 0 Å². The molecule has 2 aliphatic rings. The Labute approximate surface area is 150 Å². The molecule has 0 atom stereocenters. The van der Waals surface area contributed by atoms with Gasteiger partial charge >= 0.3 is 7.12 Å². The molecule has 0 aliphatic carbocycles. The molecule has 2 aliphatic heterocycles. The Hall–Kier alpha value is -1.38. The van der Waals surface area contributed by atoms with Crippen molar-refractivity contribution in [1.82, 2.24) is 19.6 Å². The average Bonchev–Trinajstić information content (AvgIpc) is 3.04. The summed E-state index contributed by atoms with van der Waals surface area (Å²) < 4.78 is 14.0. The number of hydrogen-bond donors (Lipinski definition) is 0. The number of likely N-dealkylation sites (N-methyl/N-ethyl adjacent to an activating group) is 1. The molecule has 0 aromatic carbocycles. The van der Waals surface area contributed by atoms with Crippen molar-refractivity contribution >= 4 is 18.5 Å². The van der Waals surface area contributed by atoms with E-state index >= 15 is 0 Å². The van der Waals surface area contributed by atoms with Crippen LogP contribution in [0.25, 0.3) is 0 Å². The molecule has 0 saturated carbocycles. The third-order valence-corrected chi connectivity index (χ3v) is 5.50. The molecule has 2 fully saturated rings. The highest BCUT2D eigenvalue weighted by Gasteiger charge is 2.52. The van der Waals surface area contributed by atoms with Gasteiger partial charge in [-0.05, 0) is 41.2 Å². The van der Waals surface area contributed by atoms with Crippen LogP contribution in [-0.4, -0.2) is 77.0 Å². The minimum atomic E-state index is -0.377. The number of piperazine rings is 1. The Morgan fingerprint density at radius 1 is 1.16 bits per heavy atom. The Balaban J connectivity index is 1.50. The number of aryl methyl sites for hydroxylation is 1. The topological polar surface area (TPSA) is 59.8 Å². The lowest BCUT2D eigenvalue weighted by Gasteiger charge is -2.32. The van der Waals surface area contributed by atoms with E-state index in [1.807, 2.05) is 56.7 Å². The maximum Gasteiger partial charge on any atom is 0.498 e. The summed E-state index contributed by atoms with van der Waals surface area (Å²) in [4.78, 5) is 16.0. The number of nitrogens with zero attached hydrogens (tertiary/aromatic N) is 4. The van der Waals surface area contributed by atoms with E-state index in [0.29, 0.717) is 6.54 Å². The molecule has 0 radical (unpaired) electrons. The van der Waals surface area contributed by atoms with Gasteiger partial charge in [-0.2, -0.15) is 5.10 Å². The molecule has 3 rings (SSSR count). The van der Waals surface area contributed by atoms with Crippen molar-refractivity contribution in [2.45, 2.75) is 51.9 Å². The smallest absolute Gasteiger partial charge is 0.399 e. The number of carbonyl (C=O) groups excluding carboxylic acids is 1. The summed E-state index contributed by atoms with van der Waals surface area (Å²) in [5, 5.41) is 4.42. The standard InChI is InChI=1S/C17H29BN4O3/c1-16(2)17(3,4)25-18(24-16)14-11-19-22(12-14)8-6-7-21-10-9-20(5)13-15(21)23/h11-12H,6-10,13H2,1-5H3. The van der Waals surface area contributed by atoms with Crippen molar-refractivity contribution in [2.75, 3.05) is 33.2 Å². The fraction of sp³-hybridized carbons (Fsp3) is 0.765. The SMILES string of the molecule is CN1CCN(CCCn2cc(B3OC(C)(C)C(C)(C)O3)cn2)C(=O)C1. The highest BCUT2D eigenvalue weighted by Crippen LogP contribution is 2.36. The van der Waals surface area contributed by atoms with E-state index in [2.05, 4.69) is 10.00 Å². The van der Waals surface area contributed by atoms with Crippen LogP contribution in [0.1, 0.15) is 34.1 Å². The highest BCUT2D eigenvalue weighted by molar-refractivity contribution is 6.61. The zero-order valence-corrected chi connectivity index (χ0v) is 16.0. The zero-order chi connectivity index (χ0) is 18.2. The second-order valence-electron chi connectivity index (χ2n) is 8.10. The van der Waals surface area contributed by atoms with E-state index in [0.717, 1.165) is 38.1 Å². The Bertz CT molecular complexity index is 615. The van der Waals surface area contributed by atoms with Gasteiger partial charge in [-0.25, -0.2) is 0 Å². The summed E-state index contributed by atoms with van der Waals surface area (Å²) in [6.45, 7) is 12.0. The lowest BCUT2D eigenvalue weighted by molar-refractivity contribution is -0.135. The molecule has 3 heterocycles. The van der Waals surface area contributed by atoms with Crippen LogP contribution in [-0.2, 0) is 20.6 Å². The molecule has 1 amide bonds. The maximum absolute atomic E-state index is 12.0.